The molecule has 3 rings (SSSR count). The maximum Gasteiger partial charge on any atom is 0.261 e. The van der Waals surface area contributed by atoms with Gasteiger partial charge in [-0.25, -0.2) is 9.97 Å². The number of carbonyl (C=O) groups excluding carboxylic acids is 2. The second-order valence-electron chi connectivity index (χ2n) is 5.27. The van der Waals surface area contributed by atoms with E-state index in [1.807, 2.05) is 6.92 Å². The lowest BCUT2D eigenvalue weighted by Crippen LogP contribution is -2.37. The average molecular weight is 329 g/mol. The number of hydrogen-bond donors (Lipinski definition) is 1. The van der Waals surface area contributed by atoms with E-state index >= 15 is 0 Å². The van der Waals surface area contributed by atoms with Gasteiger partial charge in [0.05, 0.1) is 23.8 Å². The SMILES string of the molecule is Cc1cnc(SC[C@H](O)CN2C(=O)c3ccccc3C2=O)nc1. The highest BCUT2D eigenvalue weighted by Gasteiger charge is 2.36. The molecule has 0 saturated heterocycles. The molecule has 2 aromatic rings. The molecule has 1 atom stereocenters. The molecule has 0 aliphatic carbocycles. The fourth-order valence-corrected chi connectivity index (χ4v) is 3.00. The number of benzene rings is 1. The zero-order chi connectivity index (χ0) is 16.4. The van der Waals surface area contributed by atoms with Gasteiger partial charge in [0.15, 0.2) is 5.16 Å². The van der Waals surface area contributed by atoms with Crippen molar-refractivity contribution < 1.29 is 14.7 Å². The predicted octanol–water partition coefficient (Wildman–Crippen LogP) is 1.53. The van der Waals surface area contributed by atoms with Crippen molar-refractivity contribution in [1.82, 2.24) is 14.9 Å². The number of fused-ring (bicyclic) bond motifs is 1. The molecule has 1 aromatic heterocycles. The molecule has 0 fully saturated rings. The normalized spacial score (nSPS) is 15.0. The number of amides is 2. The quantitative estimate of drug-likeness (QED) is 0.509. The van der Waals surface area contributed by atoms with Crippen LogP contribution in [-0.2, 0) is 0 Å². The van der Waals surface area contributed by atoms with Crippen molar-refractivity contribution in [1.29, 1.82) is 0 Å². The number of rotatable bonds is 5. The van der Waals surface area contributed by atoms with E-state index in [1.165, 1.54) is 11.8 Å². The molecule has 0 saturated carbocycles. The van der Waals surface area contributed by atoms with Gasteiger partial charge in [-0.15, -0.1) is 0 Å². The summed E-state index contributed by atoms with van der Waals surface area (Å²) in [5.41, 5.74) is 1.74. The highest BCUT2D eigenvalue weighted by Crippen LogP contribution is 2.23. The number of aliphatic hydroxyl groups excluding tert-OH is 1. The van der Waals surface area contributed by atoms with Gasteiger partial charge in [0.2, 0.25) is 0 Å². The van der Waals surface area contributed by atoms with Gasteiger partial charge < -0.3 is 5.11 Å². The third-order valence-electron chi connectivity index (χ3n) is 3.43. The van der Waals surface area contributed by atoms with Crippen molar-refractivity contribution in [3.63, 3.8) is 0 Å². The largest absolute Gasteiger partial charge is 0.390 e. The second kappa shape index (κ2) is 6.47. The van der Waals surface area contributed by atoms with E-state index in [0.717, 1.165) is 10.5 Å². The van der Waals surface area contributed by atoms with Crippen LogP contribution in [-0.4, -0.2) is 50.2 Å². The van der Waals surface area contributed by atoms with Gasteiger partial charge in [0, 0.05) is 18.1 Å². The first kappa shape index (κ1) is 15.6. The highest BCUT2D eigenvalue weighted by atomic mass is 32.2. The van der Waals surface area contributed by atoms with Crippen LogP contribution >= 0.6 is 11.8 Å². The Morgan fingerprint density at radius 1 is 1.13 bits per heavy atom. The van der Waals surface area contributed by atoms with E-state index in [2.05, 4.69) is 9.97 Å². The monoisotopic (exact) mass is 329 g/mol. The number of imide groups is 1. The Labute approximate surface area is 137 Å². The van der Waals surface area contributed by atoms with Crippen LogP contribution in [0.5, 0.6) is 0 Å². The molecule has 2 amide bonds. The molecule has 1 aliphatic heterocycles. The zero-order valence-corrected chi connectivity index (χ0v) is 13.3. The number of aliphatic hydroxyl groups is 1. The van der Waals surface area contributed by atoms with Gasteiger partial charge in [0.25, 0.3) is 11.8 Å². The highest BCUT2D eigenvalue weighted by molar-refractivity contribution is 7.99. The molecule has 1 aromatic carbocycles. The first-order valence-corrected chi connectivity index (χ1v) is 8.09. The molecule has 6 nitrogen and oxygen atoms in total. The van der Waals surface area contributed by atoms with Crippen LogP contribution in [0.15, 0.2) is 41.8 Å². The molecule has 1 N–H and O–H groups in total. The summed E-state index contributed by atoms with van der Waals surface area (Å²) in [5, 5.41) is 10.7. The molecular formula is C16H15N3O3S. The summed E-state index contributed by atoms with van der Waals surface area (Å²) < 4.78 is 0. The number of nitrogens with zero attached hydrogens (tertiary/aromatic N) is 3. The summed E-state index contributed by atoms with van der Waals surface area (Å²) in [5.74, 6) is -0.418. The Kier molecular flexibility index (Phi) is 4.40. The number of β-amino-alcohol motifs (C(OH)–C–C–N with tert-alkyl or cyclic N) is 1. The van der Waals surface area contributed by atoms with E-state index in [4.69, 9.17) is 0 Å². The lowest BCUT2D eigenvalue weighted by atomic mass is 10.1. The van der Waals surface area contributed by atoms with Crippen molar-refractivity contribution in [3.8, 4) is 0 Å². The minimum atomic E-state index is -0.841. The topological polar surface area (TPSA) is 83.4 Å². The van der Waals surface area contributed by atoms with E-state index in [9.17, 15) is 14.7 Å². The summed E-state index contributed by atoms with van der Waals surface area (Å²) in [6.45, 7) is 1.86. The number of aryl methyl sites for hydroxylation is 1. The van der Waals surface area contributed by atoms with E-state index in [1.54, 1.807) is 36.7 Å². The van der Waals surface area contributed by atoms with Gasteiger partial charge in [-0.3, -0.25) is 14.5 Å². The minimum absolute atomic E-state index is 0.0365. The number of thioether (sulfide) groups is 1. The molecule has 2 heterocycles. The lowest BCUT2D eigenvalue weighted by Gasteiger charge is -2.17. The summed E-state index contributed by atoms with van der Waals surface area (Å²) in [6.07, 6.45) is 2.56. The first-order valence-electron chi connectivity index (χ1n) is 7.11. The maximum atomic E-state index is 12.2. The van der Waals surface area contributed by atoms with Crippen molar-refractivity contribution in [2.45, 2.75) is 18.2 Å². The van der Waals surface area contributed by atoms with Gasteiger partial charge in [-0.1, -0.05) is 23.9 Å². The van der Waals surface area contributed by atoms with Gasteiger partial charge in [0.1, 0.15) is 0 Å². The van der Waals surface area contributed by atoms with Gasteiger partial charge in [-0.2, -0.15) is 0 Å². The summed E-state index contributed by atoms with van der Waals surface area (Å²) in [6, 6.07) is 6.68. The van der Waals surface area contributed by atoms with Crippen LogP contribution in [0.1, 0.15) is 26.3 Å². The minimum Gasteiger partial charge on any atom is -0.390 e. The Morgan fingerprint density at radius 3 is 2.26 bits per heavy atom. The van der Waals surface area contributed by atoms with E-state index in [-0.39, 0.29) is 18.4 Å². The molecule has 0 unspecified atom stereocenters. The van der Waals surface area contributed by atoms with Gasteiger partial charge >= 0.3 is 0 Å². The van der Waals surface area contributed by atoms with Crippen LogP contribution in [0.2, 0.25) is 0 Å². The molecule has 1 aliphatic rings. The number of aromatic nitrogens is 2. The third kappa shape index (κ3) is 3.25. The van der Waals surface area contributed by atoms with Crippen LogP contribution in [0, 0.1) is 6.92 Å². The Bertz CT molecular complexity index is 713. The zero-order valence-electron chi connectivity index (χ0n) is 12.5. The molecule has 0 bridgehead atoms. The number of hydrogen-bond acceptors (Lipinski definition) is 6. The van der Waals surface area contributed by atoms with Gasteiger partial charge in [-0.05, 0) is 24.6 Å². The molecular weight excluding hydrogens is 314 g/mol. The summed E-state index contributed by atoms with van der Waals surface area (Å²) in [7, 11) is 0. The fourth-order valence-electron chi connectivity index (χ4n) is 2.29. The predicted molar refractivity (Wildman–Crippen MR) is 85.3 cm³/mol. The lowest BCUT2D eigenvalue weighted by molar-refractivity contribution is 0.0567. The molecule has 118 valence electrons. The molecule has 0 radical (unpaired) electrons. The molecule has 0 spiro atoms. The van der Waals surface area contributed by atoms with Crippen molar-refractivity contribution in [3.05, 3.63) is 53.3 Å². The van der Waals surface area contributed by atoms with Crippen LogP contribution in [0.25, 0.3) is 0 Å². The van der Waals surface area contributed by atoms with Crippen LogP contribution in [0.3, 0.4) is 0 Å². The van der Waals surface area contributed by atoms with Crippen LogP contribution in [0.4, 0.5) is 0 Å². The standard InChI is InChI=1S/C16H15N3O3S/c1-10-6-17-16(18-7-10)23-9-11(20)8-19-14(21)12-4-2-3-5-13(12)15(19)22/h2-7,11,20H,8-9H2,1H3/t11-/m1/s1. The summed E-state index contributed by atoms with van der Waals surface area (Å²) in [4.78, 5) is 33.8. The fraction of sp³-hybridized carbons (Fsp3) is 0.250. The van der Waals surface area contributed by atoms with Crippen molar-refractivity contribution in [2.24, 2.45) is 0 Å². The van der Waals surface area contributed by atoms with E-state index < -0.39 is 6.10 Å². The molecule has 7 heteroatoms. The molecule has 23 heavy (non-hydrogen) atoms. The van der Waals surface area contributed by atoms with E-state index in [0.29, 0.717) is 22.0 Å². The Morgan fingerprint density at radius 2 is 1.70 bits per heavy atom. The Balaban J connectivity index is 1.60. The van der Waals surface area contributed by atoms with Crippen molar-refractivity contribution >= 4 is 23.6 Å². The third-order valence-corrected chi connectivity index (χ3v) is 4.45. The average Bonchev–Trinajstić information content (AvgIpc) is 2.80. The smallest absolute Gasteiger partial charge is 0.261 e. The summed E-state index contributed by atoms with van der Waals surface area (Å²) >= 11 is 1.29. The Hall–Kier alpha value is -2.25. The maximum absolute atomic E-state index is 12.2. The second-order valence-corrected chi connectivity index (χ2v) is 6.26. The first-order chi connectivity index (χ1) is 11.1. The van der Waals surface area contributed by atoms with Crippen LogP contribution < -0.4 is 0 Å². The number of carbonyl (C=O) groups is 2. The van der Waals surface area contributed by atoms with Crippen molar-refractivity contribution in [2.75, 3.05) is 12.3 Å².